The standard InChI is InChI=1S/C22H26ClN3O3/c1-2-29-22(28)20(17-8-10-18(23)11-9-17)26-14-12-25(13-15-26)19(21(24)27)16-6-4-3-5-7-16/h3-11,19-20H,2,12-15H2,1H3,(H2,24,27). The van der Waals surface area contributed by atoms with E-state index in [1.165, 1.54) is 0 Å². The van der Waals surface area contributed by atoms with Crippen molar-refractivity contribution in [2.24, 2.45) is 5.73 Å². The summed E-state index contributed by atoms with van der Waals surface area (Å²) in [5.74, 6) is -0.651. The second-order valence-electron chi connectivity index (χ2n) is 6.99. The first-order valence-electron chi connectivity index (χ1n) is 9.75. The van der Waals surface area contributed by atoms with Gasteiger partial charge in [-0.25, -0.2) is 4.79 Å². The van der Waals surface area contributed by atoms with Crippen molar-refractivity contribution in [2.75, 3.05) is 32.8 Å². The number of carbonyl (C=O) groups is 2. The lowest BCUT2D eigenvalue weighted by atomic mass is 10.0. The number of ether oxygens (including phenoxy) is 1. The van der Waals surface area contributed by atoms with Crippen LogP contribution in [0.25, 0.3) is 0 Å². The minimum atomic E-state index is -0.502. The molecule has 0 aliphatic carbocycles. The lowest BCUT2D eigenvalue weighted by molar-refractivity contribution is -0.151. The number of benzene rings is 2. The highest BCUT2D eigenvalue weighted by atomic mass is 35.5. The van der Waals surface area contributed by atoms with E-state index in [2.05, 4.69) is 9.80 Å². The summed E-state index contributed by atoms with van der Waals surface area (Å²) in [4.78, 5) is 29.0. The first-order valence-corrected chi connectivity index (χ1v) is 10.1. The number of rotatable bonds is 7. The third-order valence-electron chi connectivity index (χ3n) is 5.16. The smallest absolute Gasteiger partial charge is 0.328 e. The van der Waals surface area contributed by atoms with Crippen molar-refractivity contribution in [3.63, 3.8) is 0 Å². The lowest BCUT2D eigenvalue weighted by Crippen LogP contribution is -2.52. The number of hydrogen-bond acceptors (Lipinski definition) is 5. The van der Waals surface area contributed by atoms with Gasteiger partial charge in [0.25, 0.3) is 0 Å². The van der Waals surface area contributed by atoms with Crippen LogP contribution in [0.4, 0.5) is 0 Å². The monoisotopic (exact) mass is 415 g/mol. The highest BCUT2D eigenvalue weighted by Gasteiger charge is 2.35. The Labute approximate surface area is 176 Å². The predicted octanol–water partition coefficient (Wildman–Crippen LogP) is 2.79. The van der Waals surface area contributed by atoms with E-state index in [4.69, 9.17) is 22.1 Å². The van der Waals surface area contributed by atoms with E-state index in [1.807, 2.05) is 42.5 Å². The van der Waals surface area contributed by atoms with Crippen LogP contribution in [0.2, 0.25) is 5.02 Å². The summed E-state index contributed by atoms with van der Waals surface area (Å²) in [6.07, 6.45) is 0. The molecule has 2 N–H and O–H groups in total. The van der Waals surface area contributed by atoms with Gasteiger partial charge in [0.05, 0.1) is 6.61 Å². The topological polar surface area (TPSA) is 75.9 Å². The average Bonchev–Trinajstić information content (AvgIpc) is 2.72. The molecule has 1 amide bonds. The van der Waals surface area contributed by atoms with Gasteiger partial charge < -0.3 is 10.5 Å². The number of esters is 1. The van der Waals surface area contributed by atoms with E-state index < -0.39 is 12.1 Å². The summed E-state index contributed by atoms with van der Waals surface area (Å²) in [6, 6.07) is 15.8. The molecule has 154 valence electrons. The van der Waals surface area contributed by atoms with E-state index in [1.54, 1.807) is 19.1 Å². The van der Waals surface area contributed by atoms with Crippen molar-refractivity contribution in [1.29, 1.82) is 0 Å². The van der Waals surface area contributed by atoms with E-state index >= 15 is 0 Å². The molecule has 1 fully saturated rings. The molecule has 1 aliphatic rings. The second-order valence-corrected chi connectivity index (χ2v) is 7.43. The molecule has 0 aromatic heterocycles. The van der Waals surface area contributed by atoms with Crippen molar-refractivity contribution in [2.45, 2.75) is 19.0 Å². The summed E-state index contributed by atoms with van der Waals surface area (Å²) in [5.41, 5.74) is 7.43. The van der Waals surface area contributed by atoms with Crippen LogP contribution >= 0.6 is 11.6 Å². The molecule has 1 aliphatic heterocycles. The van der Waals surface area contributed by atoms with Crippen LogP contribution in [-0.2, 0) is 14.3 Å². The molecule has 2 aromatic rings. The molecule has 7 heteroatoms. The van der Waals surface area contributed by atoms with E-state index in [0.717, 1.165) is 11.1 Å². The molecule has 29 heavy (non-hydrogen) atoms. The second kappa shape index (κ2) is 9.87. The normalized spacial score (nSPS) is 17.4. The van der Waals surface area contributed by atoms with Gasteiger partial charge in [0, 0.05) is 31.2 Å². The molecule has 0 spiro atoms. The molecule has 0 radical (unpaired) electrons. The highest BCUT2D eigenvalue weighted by molar-refractivity contribution is 6.30. The van der Waals surface area contributed by atoms with Crippen molar-refractivity contribution in [1.82, 2.24) is 9.80 Å². The average molecular weight is 416 g/mol. The molecule has 2 unspecified atom stereocenters. The Morgan fingerprint density at radius 2 is 1.45 bits per heavy atom. The van der Waals surface area contributed by atoms with Crippen LogP contribution < -0.4 is 5.73 Å². The summed E-state index contributed by atoms with van der Waals surface area (Å²) >= 11 is 6.00. The largest absolute Gasteiger partial charge is 0.465 e. The van der Waals surface area contributed by atoms with Crippen molar-refractivity contribution < 1.29 is 14.3 Å². The summed E-state index contributed by atoms with van der Waals surface area (Å²) in [5, 5.41) is 0.619. The molecule has 1 saturated heterocycles. The van der Waals surface area contributed by atoms with Gasteiger partial charge in [0.2, 0.25) is 5.91 Å². The molecule has 6 nitrogen and oxygen atoms in total. The molecular formula is C22H26ClN3O3. The number of amides is 1. The van der Waals surface area contributed by atoms with Crippen LogP contribution in [0.5, 0.6) is 0 Å². The minimum absolute atomic E-state index is 0.280. The Morgan fingerprint density at radius 3 is 1.97 bits per heavy atom. The van der Waals surface area contributed by atoms with Gasteiger partial charge in [0.1, 0.15) is 12.1 Å². The number of nitrogens with zero attached hydrogens (tertiary/aromatic N) is 2. The number of carbonyl (C=O) groups excluding carboxylic acids is 2. The van der Waals surface area contributed by atoms with Crippen molar-refractivity contribution in [3.05, 3.63) is 70.7 Å². The Kier molecular flexibility index (Phi) is 7.25. The molecule has 2 aromatic carbocycles. The van der Waals surface area contributed by atoms with Gasteiger partial charge in [0.15, 0.2) is 0 Å². The Morgan fingerprint density at radius 1 is 0.931 bits per heavy atom. The SMILES string of the molecule is CCOC(=O)C(c1ccc(Cl)cc1)N1CCN(C(C(N)=O)c2ccccc2)CC1. The van der Waals surface area contributed by atoms with Gasteiger partial charge in [-0.05, 0) is 30.2 Å². The number of hydrogen-bond donors (Lipinski definition) is 1. The molecular weight excluding hydrogens is 390 g/mol. The van der Waals surface area contributed by atoms with Gasteiger partial charge in [-0.2, -0.15) is 0 Å². The van der Waals surface area contributed by atoms with Gasteiger partial charge in [-0.1, -0.05) is 54.1 Å². The maximum absolute atomic E-state index is 12.7. The van der Waals surface area contributed by atoms with Crippen LogP contribution in [0.3, 0.4) is 0 Å². The number of nitrogens with two attached hydrogens (primary N) is 1. The van der Waals surface area contributed by atoms with E-state index in [-0.39, 0.29) is 11.9 Å². The van der Waals surface area contributed by atoms with E-state index in [9.17, 15) is 9.59 Å². The third kappa shape index (κ3) is 5.15. The van der Waals surface area contributed by atoms with Crippen molar-refractivity contribution >= 4 is 23.5 Å². The number of piperazine rings is 1. The molecule has 0 saturated carbocycles. The fourth-order valence-corrected chi connectivity index (χ4v) is 3.93. The van der Waals surface area contributed by atoms with Gasteiger partial charge >= 0.3 is 5.97 Å². The Hall–Kier alpha value is -2.41. The minimum Gasteiger partial charge on any atom is -0.465 e. The first kappa shape index (κ1) is 21.3. The zero-order chi connectivity index (χ0) is 20.8. The number of halogens is 1. The highest BCUT2D eigenvalue weighted by Crippen LogP contribution is 2.28. The van der Waals surface area contributed by atoms with Crippen LogP contribution in [0, 0.1) is 0 Å². The predicted molar refractivity (Wildman–Crippen MR) is 112 cm³/mol. The van der Waals surface area contributed by atoms with Crippen LogP contribution in [0.1, 0.15) is 30.1 Å². The quantitative estimate of drug-likeness (QED) is 0.704. The van der Waals surface area contributed by atoms with E-state index in [0.29, 0.717) is 37.8 Å². The summed E-state index contributed by atoms with van der Waals surface area (Å²) in [6.45, 7) is 4.58. The molecule has 1 heterocycles. The zero-order valence-corrected chi connectivity index (χ0v) is 17.2. The molecule has 0 bridgehead atoms. The maximum atomic E-state index is 12.7. The van der Waals surface area contributed by atoms with Crippen LogP contribution in [0.15, 0.2) is 54.6 Å². The fourth-order valence-electron chi connectivity index (χ4n) is 3.81. The summed E-state index contributed by atoms with van der Waals surface area (Å²) < 4.78 is 5.32. The maximum Gasteiger partial charge on any atom is 0.328 e. The first-order chi connectivity index (χ1) is 14.0. The van der Waals surface area contributed by atoms with Gasteiger partial charge in [-0.15, -0.1) is 0 Å². The fraction of sp³-hybridized carbons (Fsp3) is 0.364. The molecule has 3 rings (SSSR count). The summed E-state index contributed by atoms with van der Waals surface area (Å²) in [7, 11) is 0. The zero-order valence-electron chi connectivity index (χ0n) is 16.5. The third-order valence-corrected chi connectivity index (χ3v) is 5.41. The number of primary amides is 1. The van der Waals surface area contributed by atoms with Gasteiger partial charge in [-0.3, -0.25) is 14.6 Å². The van der Waals surface area contributed by atoms with Crippen LogP contribution in [-0.4, -0.2) is 54.5 Å². The van der Waals surface area contributed by atoms with Crippen molar-refractivity contribution in [3.8, 4) is 0 Å². The Bertz CT molecular complexity index is 821. The Balaban J connectivity index is 1.76. The lowest BCUT2D eigenvalue weighted by Gasteiger charge is -2.40. The molecule has 2 atom stereocenters.